The topological polar surface area (TPSA) is 35.6 Å². The van der Waals surface area contributed by atoms with Crippen molar-refractivity contribution < 1.29 is 0 Å². The third-order valence-corrected chi connectivity index (χ3v) is 11.5. The lowest BCUT2D eigenvalue weighted by Gasteiger charge is -2.16. The molecule has 0 spiro atoms. The van der Waals surface area contributed by atoms with Crippen molar-refractivity contribution in [3.8, 4) is 78.7 Å². The molecular formula is C56H38N4. The summed E-state index contributed by atoms with van der Waals surface area (Å²) in [5, 5.41) is 11.9. The molecule has 0 aliphatic heterocycles. The summed E-state index contributed by atoms with van der Waals surface area (Å²) in [7, 11) is 0. The molecule has 0 aliphatic rings. The lowest BCUT2D eigenvalue weighted by atomic mass is 9.89. The molecule has 0 atom stereocenters. The van der Waals surface area contributed by atoms with E-state index in [0.29, 0.717) is 0 Å². The first-order chi connectivity index (χ1) is 29.8. The molecule has 0 N–H and O–H groups in total. The van der Waals surface area contributed by atoms with E-state index < -0.39 is 0 Å². The normalized spacial score (nSPS) is 11.3. The van der Waals surface area contributed by atoms with Crippen LogP contribution in [-0.2, 0) is 0 Å². The van der Waals surface area contributed by atoms with E-state index in [1.54, 1.807) is 0 Å². The average Bonchev–Trinajstić information content (AvgIpc) is 3.92. The molecule has 2 heterocycles. The van der Waals surface area contributed by atoms with E-state index in [0.717, 1.165) is 39.7 Å². The smallest absolute Gasteiger partial charge is 0.168 e. The minimum atomic E-state index is 0.796. The fourth-order valence-electron chi connectivity index (χ4n) is 8.66. The van der Waals surface area contributed by atoms with Crippen LogP contribution < -0.4 is 0 Å². The first-order valence-electron chi connectivity index (χ1n) is 20.3. The van der Waals surface area contributed by atoms with Crippen molar-refractivity contribution in [3.05, 3.63) is 231 Å². The zero-order valence-electron chi connectivity index (χ0n) is 32.7. The minimum absolute atomic E-state index is 0.796. The van der Waals surface area contributed by atoms with Gasteiger partial charge in [-0.15, -0.1) is 10.2 Å². The maximum atomic E-state index is 4.74. The zero-order chi connectivity index (χ0) is 39.8. The van der Waals surface area contributed by atoms with Gasteiger partial charge in [-0.25, -0.2) is 0 Å². The number of hydrogen-bond donors (Lipinski definition) is 0. The Bertz CT molecular complexity index is 3280. The Labute approximate surface area is 348 Å². The highest BCUT2D eigenvalue weighted by molar-refractivity contribution is 6.12. The van der Waals surface area contributed by atoms with Crippen molar-refractivity contribution >= 4 is 21.8 Å². The van der Waals surface area contributed by atoms with Crippen LogP contribution in [0.5, 0.6) is 0 Å². The van der Waals surface area contributed by atoms with Crippen LogP contribution in [0, 0.1) is 0 Å². The third kappa shape index (κ3) is 6.19. The van der Waals surface area contributed by atoms with E-state index in [-0.39, 0.29) is 0 Å². The Kier molecular flexibility index (Phi) is 8.79. The Balaban J connectivity index is 1.01. The van der Waals surface area contributed by atoms with Gasteiger partial charge in [0.15, 0.2) is 11.6 Å². The summed E-state index contributed by atoms with van der Waals surface area (Å²) in [6.45, 7) is 0. The average molecular weight is 767 g/mol. The maximum Gasteiger partial charge on any atom is 0.168 e. The van der Waals surface area contributed by atoms with Crippen LogP contribution in [0.4, 0.5) is 0 Å². The van der Waals surface area contributed by atoms with Crippen LogP contribution in [0.2, 0.25) is 0 Å². The van der Waals surface area contributed by atoms with Crippen molar-refractivity contribution in [2.24, 2.45) is 0 Å². The van der Waals surface area contributed by atoms with Crippen molar-refractivity contribution in [1.82, 2.24) is 19.3 Å². The summed E-state index contributed by atoms with van der Waals surface area (Å²) in [4.78, 5) is 0. The van der Waals surface area contributed by atoms with Gasteiger partial charge in [0, 0.05) is 33.3 Å². The quantitative estimate of drug-likeness (QED) is 0.154. The van der Waals surface area contributed by atoms with Gasteiger partial charge in [-0.2, -0.15) is 0 Å². The lowest BCUT2D eigenvalue weighted by Crippen LogP contribution is -2.00. The molecule has 0 saturated heterocycles. The van der Waals surface area contributed by atoms with Gasteiger partial charge in [-0.3, -0.25) is 4.57 Å². The molecule has 0 saturated carbocycles. The minimum Gasteiger partial charge on any atom is -0.309 e. The van der Waals surface area contributed by atoms with Crippen LogP contribution in [0.25, 0.3) is 100 Å². The van der Waals surface area contributed by atoms with E-state index in [1.807, 2.05) is 24.3 Å². The second-order valence-electron chi connectivity index (χ2n) is 15.1. The lowest BCUT2D eigenvalue weighted by molar-refractivity contribution is 1.07. The van der Waals surface area contributed by atoms with Gasteiger partial charge < -0.3 is 4.57 Å². The van der Waals surface area contributed by atoms with Crippen molar-refractivity contribution in [1.29, 1.82) is 0 Å². The number of rotatable bonds is 8. The van der Waals surface area contributed by atoms with Crippen molar-refractivity contribution in [3.63, 3.8) is 0 Å². The van der Waals surface area contributed by atoms with Gasteiger partial charge in [-0.1, -0.05) is 182 Å². The van der Waals surface area contributed by atoms with E-state index in [1.165, 1.54) is 60.8 Å². The Hall–Kier alpha value is -8.08. The number of fused-ring (bicyclic) bond motifs is 3. The molecule has 0 radical (unpaired) electrons. The highest BCUT2D eigenvalue weighted by Crippen LogP contribution is 2.42. The van der Waals surface area contributed by atoms with Gasteiger partial charge in [0.2, 0.25) is 0 Å². The molecule has 4 heteroatoms. The molecule has 0 amide bonds. The number of hydrogen-bond acceptors (Lipinski definition) is 2. The van der Waals surface area contributed by atoms with E-state index in [2.05, 4.69) is 215 Å². The van der Waals surface area contributed by atoms with Crippen LogP contribution in [-0.4, -0.2) is 19.3 Å². The molecule has 11 aromatic rings. The highest BCUT2D eigenvalue weighted by Gasteiger charge is 2.19. The number of nitrogens with zero attached hydrogens (tertiary/aromatic N) is 4. The SMILES string of the molecule is c1ccc(-c2ccc3c(c2)c2cc(-c4ccccc4-c4ccccc4-c4ccc(-c5nnc(-c6ccccc6)n5-c5ccccc5)cc4)ccc2n3-c2ccccc2)cc1. The predicted octanol–water partition coefficient (Wildman–Crippen LogP) is 14.4. The van der Waals surface area contributed by atoms with Gasteiger partial charge in [0.05, 0.1) is 11.0 Å². The molecular weight excluding hydrogens is 729 g/mol. The first-order valence-corrected chi connectivity index (χ1v) is 20.3. The fourth-order valence-corrected chi connectivity index (χ4v) is 8.66. The molecule has 11 rings (SSSR count). The van der Waals surface area contributed by atoms with E-state index >= 15 is 0 Å². The molecule has 0 unspecified atom stereocenters. The Morgan fingerprint density at radius 2 is 0.617 bits per heavy atom. The van der Waals surface area contributed by atoms with E-state index in [4.69, 9.17) is 10.2 Å². The maximum absolute atomic E-state index is 4.74. The molecule has 0 bridgehead atoms. The summed E-state index contributed by atoms with van der Waals surface area (Å²) >= 11 is 0. The molecule has 4 nitrogen and oxygen atoms in total. The highest BCUT2D eigenvalue weighted by atomic mass is 15.3. The van der Waals surface area contributed by atoms with Gasteiger partial charge in [-0.05, 0) is 93.0 Å². The predicted molar refractivity (Wildman–Crippen MR) is 248 cm³/mol. The first kappa shape index (κ1) is 35.1. The Morgan fingerprint density at radius 1 is 0.250 bits per heavy atom. The largest absolute Gasteiger partial charge is 0.309 e. The van der Waals surface area contributed by atoms with Crippen LogP contribution in [0.1, 0.15) is 0 Å². The standard InChI is InChI=1S/C56H38N4/c1-5-17-39(18-6-1)43-33-35-53-51(37-43)52-38-44(34-36-54(52)59(53)45-21-9-3-10-22-45)48-26-14-16-28-50(48)49-27-15-13-25-47(49)40-29-31-42(32-30-40)56-58-57-55(41-19-7-2-8-20-41)60(56)46-23-11-4-12-24-46/h1-38H. The molecule has 60 heavy (non-hydrogen) atoms. The third-order valence-electron chi connectivity index (χ3n) is 11.5. The second-order valence-corrected chi connectivity index (χ2v) is 15.1. The summed E-state index contributed by atoms with van der Waals surface area (Å²) in [5.74, 6) is 1.60. The summed E-state index contributed by atoms with van der Waals surface area (Å²) in [6.07, 6.45) is 0. The van der Waals surface area contributed by atoms with Gasteiger partial charge >= 0.3 is 0 Å². The number of benzene rings is 9. The van der Waals surface area contributed by atoms with Crippen LogP contribution in [0.3, 0.4) is 0 Å². The zero-order valence-corrected chi connectivity index (χ0v) is 32.7. The molecule has 9 aromatic carbocycles. The molecule has 0 fully saturated rings. The monoisotopic (exact) mass is 766 g/mol. The number of para-hydroxylation sites is 2. The Morgan fingerprint density at radius 3 is 1.17 bits per heavy atom. The molecule has 0 aliphatic carbocycles. The molecule has 282 valence electrons. The van der Waals surface area contributed by atoms with Crippen molar-refractivity contribution in [2.75, 3.05) is 0 Å². The van der Waals surface area contributed by atoms with Gasteiger partial charge in [0.25, 0.3) is 0 Å². The van der Waals surface area contributed by atoms with E-state index in [9.17, 15) is 0 Å². The molecule has 2 aromatic heterocycles. The van der Waals surface area contributed by atoms with Gasteiger partial charge in [0.1, 0.15) is 0 Å². The number of aromatic nitrogens is 4. The van der Waals surface area contributed by atoms with Crippen LogP contribution in [0.15, 0.2) is 231 Å². The van der Waals surface area contributed by atoms with Crippen molar-refractivity contribution in [2.45, 2.75) is 0 Å². The summed E-state index contributed by atoms with van der Waals surface area (Å²) < 4.78 is 4.53. The van der Waals surface area contributed by atoms with Crippen LogP contribution >= 0.6 is 0 Å². The fraction of sp³-hybridized carbons (Fsp3) is 0. The second kappa shape index (κ2) is 15.0. The summed E-state index contributed by atoms with van der Waals surface area (Å²) in [5.41, 5.74) is 16.0. The summed E-state index contributed by atoms with van der Waals surface area (Å²) in [6, 6.07) is 82.0.